The van der Waals surface area contributed by atoms with Gasteiger partial charge in [0.1, 0.15) is 10.4 Å². The Morgan fingerprint density at radius 2 is 2.06 bits per heavy atom. The van der Waals surface area contributed by atoms with Crippen LogP contribution in [-0.2, 0) is 0 Å². The number of hydrogen-bond acceptors (Lipinski definition) is 2. The first-order valence-corrected chi connectivity index (χ1v) is 6.75. The van der Waals surface area contributed by atoms with Gasteiger partial charge in [-0.3, -0.25) is 0 Å². The van der Waals surface area contributed by atoms with E-state index in [0.717, 1.165) is 24.7 Å². The topological polar surface area (TPSA) is 24.9 Å². The minimum atomic E-state index is 0.733. The van der Waals surface area contributed by atoms with Crippen LogP contribution in [0.2, 0.25) is 5.02 Å². The van der Waals surface area contributed by atoms with Gasteiger partial charge in [0.05, 0.1) is 5.69 Å². The monoisotopic (exact) mass is 408 g/mol. The van der Waals surface area contributed by atoms with Crippen molar-refractivity contribution in [3.8, 4) is 0 Å². The van der Waals surface area contributed by atoms with Crippen molar-refractivity contribution in [3.05, 3.63) is 49.6 Å². The van der Waals surface area contributed by atoms with E-state index in [-0.39, 0.29) is 0 Å². The predicted molar refractivity (Wildman–Crippen MR) is 79.4 cm³/mol. The largest absolute Gasteiger partial charge is 0.339 e. The summed E-state index contributed by atoms with van der Waals surface area (Å²) in [5, 5.41) is 3.97. The minimum Gasteiger partial charge on any atom is -0.339 e. The zero-order valence-corrected chi connectivity index (χ0v) is 12.5. The zero-order valence-electron chi connectivity index (χ0n) is 8.05. The van der Waals surface area contributed by atoms with Gasteiger partial charge in [-0.15, -0.1) is 0 Å². The number of rotatable bonds is 2. The van der Waals surface area contributed by atoms with Gasteiger partial charge in [0.25, 0.3) is 0 Å². The fourth-order valence-corrected chi connectivity index (χ4v) is 2.56. The average molecular weight is 409 g/mol. The van der Waals surface area contributed by atoms with Crippen molar-refractivity contribution in [1.29, 1.82) is 0 Å². The molecule has 0 aliphatic heterocycles. The Morgan fingerprint density at radius 1 is 1.25 bits per heavy atom. The Labute approximate surface area is 121 Å². The molecule has 2 nitrogen and oxygen atoms in total. The Morgan fingerprint density at radius 3 is 2.75 bits per heavy atom. The third-order valence-corrected chi connectivity index (χ3v) is 3.48. The van der Waals surface area contributed by atoms with Gasteiger partial charge in [-0.05, 0) is 68.9 Å². The molecular weight excluding hydrogens is 402 g/mol. The SMILES string of the molecule is Clc1ccc(Nc2cccc(Br)n2)c(I)c1. The molecule has 0 unspecified atom stereocenters. The maximum atomic E-state index is 5.89. The summed E-state index contributed by atoms with van der Waals surface area (Å²) in [6.07, 6.45) is 0. The summed E-state index contributed by atoms with van der Waals surface area (Å²) in [5.41, 5.74) is 0.996. The molecular formula is C11H7BrClIN2. The van der Waals surface area contributed by atoms with Gasteiger partial charge in [0.15, 0.2) is 0 Å². The number of hydrogen-bond donors (Lipinski definition) is 1. The Hall–Kier alpha value is -0.330. The molecule has 2 rings (SSSR count). The maximum Gasteiger partial charge on any atom is 0.131 e. The van der Waals surface area contributed by atoms with Crippen LogP contribution in [0.25, 0.3) is 0 Å². The summed E-state index contributed by atoms with van der Waals surface area (Å²) < 4.78 is 1.87. The summed E-state index contributed by atoms with van der Waals surface area (Å²) in [6, 6.07) is 11.4. The van der Waals surface area contributed by atoms with E-state index in [0.29, 0.717) is 0 Å². The number of nitrogens with one attached hydrogen (secondary N) is 1. The van der Waals surface area contributed by atoms with Crippen molar-refractivity contribution in [1.82, 2.24) is 4.98 Å². The van der Waals surface area contributed by atoms with Gasteiger partial charge in [-0.2, -0.15) is 0 Å². The molecule has 1 heterocycles. The van der Waals surface area contributed by atoms with Crippen molar-refractivity contribution in [3.63, 3.8) is 0 Å². The van der Waals surface area contributed by atoms with Crippen LogP contribution in [0, 0.1) is 3.57 Å². The molecule has 0 bridgehead atoms. The molecule has 0 radical (unpaired) electrons. The molecule has 5 heteroatoms. The highest BCUT2D eigenvalue weighted by atomic mass is 127. The van der Waals surface area contributed by atoms with E-state index in [1.54, 1.807) is 0 Å². The second-order valence-corrected chi connectivity index (χ2v) is 5.51. The van der Waals surface area contributed by atoms with Gasteiger partial charge >= 0.3 is 0 Å². The molecule has 0 saturated carbocycles. The van der Waals surface area contributed by atoms with E-state index in [1.165, 1.54) is 0 Å². The highest BCUT2D eigenvalue weighted by Gasteiger charge is 2.02. The molecule has 1 aromatic carbocycles. The highest BCUT2D eigenvalue weighted by Crippen LogP contribution is 2.25. The van der Waals surface area contributed by atoms with E-state index < -0.39 is 0 Å². The number of nitrogens with zero attached hydrogens (tertiary/aromatic N) is 1. The Bertz CT molecular complexity index is 519. The number of benzene rings is 1. The Kier molecular flexibility index (Phi) is 4.05. The van der Waals surface area contributed by atoms with E-state index >= 15 is 0 Å². The van der Waals surface area contributed by atoms with Crippen LogP contribution in [0.15, 0.2) is 41.0 Å². The third kappa shape index (κ3) is 3.09. The summed E-state index contributed by atoms with van der Waals surface area (Å²) in [4.78, 5) is 4.30. The van der Waals surface area contributed by atoms with Gasteiger partial charge in [-0.1, -0.05) is 17.7 Å². The van der Waals surface area contributed by atoms with Crippen LogP contribution in [0.3, 0.4) is 0 Å². The molecule has 1 N–H and O–H groups in total. The van der Waals surface area contributed by atoms with Crippen molar-refractivity contribution in [2.24, 2.45) is 0 Å². The van der Waals surface area contributed by atoms with E-state index in [4.69, 9.17) is 11.6 Å². The van der Waals surface area contributed by atoms with Crippen LogP contribution >= 0.6 is 50.1 Å². The quantitative estimate of drug-likeness (QED) is 0.567. The summed E-state index contributed by atoms with van der Waals surface area (Å²) in [6.45, 7) is 0. The molecule has 16 heavy (non-hydrogen) atoms. The summed E-state index contributed by atoms with van der Waals surface area (Å²) in [7, 11) is 0. The fraction of sp³-hybridized carbons (Fsp3) is 0. The number of pyridine rings is 1. The van der Waals surface area contributed by atoms with Gasteiger partial charge in [0.2, 0.25) is 0 Å². The normalized spacial score (nSPS) is 10.2. The van der Waals surface area contributed by atoms with Gasteiger partial charge < -0.3 is 5.32 Å². The van der Waals surface area contributed by atoms with Crippen LogP contribution in [0.4, 0.5) is 11.5 Å². The van der Waals surface area contributed by atoms with Crippen molar-refractivity contribution >= 4 is 61.6 Å². The lowest BCUT2D eigenvalue weighted by molar-refractivity contribution is 1.26. The minimum absolute atomic E-state index is 0.733. The van der Waals surface area contributed by atoms with E-state index in [9.17, 15) is 0 Å². The molecule has 0 spiro atoms. The fourth-order valence-electron chi connectivity index (χ4n) is 1.21. The predicted octanol–water partition coefficient (Wildman–Crippen LogP) is 4.85. The number of anilines is 2. The summed E-state index contributed by atoms with van der Waals surface area (Å²) in [5.74, 6) is 0.801. The molecule has 2 aromatic rings. The number of halogens is 3. The van der Waals surface area contributed by atoms with E-state index in [1.807, 2.05) is 36.4 Å². The van der Waals surface area contributed by atoms with Gasteiger partial charge in [-0.25, -0.2) is 4.98 Å². The maximum absolute atomic E-state index is 5.89. The molecule has 0 amide bonds. The first-order chi connectivity index (χ1) is 7.65. The van der Waals surface area contributed by atoms with Crippen LogP contribution < -0.4 is 5.32 Å². The smallest absolute Gasteiger partial charge is 0.131 e. The van der Waals surface area contributed by atoms with Crippen LogP contribution in [-0.4, -0.2) is 4.98 Å². The lowest BCUT2D eigenvalue weighted by atomic mass is 10.3. The molecule has 0 aliphatic carbocycles. The zero-order chi connectivity index (χ0) is 11.5. The van der Waals surface area contributed by atoms with Gasteiger partial charge in [0, 0.05) is 8.59 Å². The average Bonchev–Trinajstić information content (AvgIpc) is 2.22. The Balaban J connectivity index is 2.27. The third-order valence-electron chi connectivity index (χ3n) is 1.91. The molecule has 0 aliphatic rings. The second-order valence-electron chi connectivity index (χ2n) is 3.09. The molecule has 0 saturated heterocycles. The standard InChI is InChI=1S/C11H7BrClIN2/c12-10-2-1-3-11(16-10)15-9-5-4-7(13)6-8(9)14/h1-6H,(H,15,16). The van der Waals surface area contributed by atoms with Crippen molar-refractivity contribution < 1.29 is 0 Å². The van der Waals surface area contributed by atoms with Crippen molar-refractivity contribution in [2.75, 3.05) is 5.32 Å². The van der Waals surface area contributed by atoms with Crippen LogP contribution in [0.1, 0.15) is 0 Å². The lowest BCUT2D eigenvalue weighted by Gasteiger charge is -2.08. The van der Waals surface area contributed by atoms with Crippen LogP contribution in [0.5, 0.6) is 0 Å². The molecule has 1 aromatic heterocycles. The highest BCUT2D eigenvalue weighted by molar-refractivity contribution is 14.1. The first kappa shape index (κ1) is 12.1. The van der Waals surface area contributed by atoms with E-state index in [2.05, 4.69) is 48.8 Å². The van der Waals surface area contributed by atoms with Crippen molar-refractivity contribution in [2.45, 2.75) is 0 Å². The lowest BCUT2D eigenvalue weighted by Crippen LogP contribution is -1.95. The molecule has 0 fully saturated rings. The first-order valence-electron chi connectivity index (χ1n) is 4.50. The summed E-state index contributed by atoms with van der Waals surface area (Å²) >= 11 is 11.5. The second kappa shape index (κ2) is 5.33. The molecule has 82 valence electrons. The number of aromatic nitrogens is 1. The molecule has 0 atom stereocenters.